The summed E-state index contributed by atoms with van der Waals surface area (Å²) in [4.78, 5) is 51.6. The molecule has 3 atom stereocenters. The predicted molar refractivity (Wildman–Crippen MR) is 143 cm³/mol. The van der Waals surface area contributed by atoms with Crippen LogP contribution in [0.25, 0.3) is 0 Å². The van der Waals surface area contributed by atoms with Gasteiger partial charge in [-0.05, 0) is 48.5 Å². The molecule has 2 aromatic rings. The SMILES string of the molecule is CSCC[C@H](N)C(=O)N[C@@H](CC(C)C)C(=O)N[C@@H](Cc1ccccc1)C(=O)NC(=O)c1ccccc1. The molecule has 0 aromatic heterocycles. The highest BCUT2D eigenvalue weighted by Gasteiger charge is 2.29. The molecule has 5 N–H and O–H groups in total. The van der Waals surface area contributed by atoms with Gasteiger partial charge in [0.2, 0.25) is 17.7 Å². The Bertz CT molecular complexity index is 1000. The van der Waals surface area contributed by atoms with Gasteiger partial charge in [0.15, 0.2) is 0 Å². The molecular formula is C27H36N4O4S. The number of rotatable bonds is 13. The molecule has 8 nitrogen and oxygen atoms in total. The first-order valence-electron chi connectivity index (χ1n) is 12.0. The molecule has 0 unspecified atom stereocenters. The fourth-order valence-electron chi connectivity index (χ4n) is 3.55. The molecule has 0 spiro atoms. The van der Waals surface area contributed by atoms with E-state index in [1.165, 1.54) is 0 Å². The number of amides is 4. The third kappa shape index (κ3) is 9.83. The Morgan fingerprint density at radius 2 is 1.42 bits per heavy atom. The van der Waals surface area contributed by atoms with Crippen LogP contribution in [-0.4, -0.2) is 53.8 Å². The summed E-state index contributed by atoms with van der Waals surface area (Å²) in [5, 5.41) is 7.88. The van der Waals surface area contributed by atoms with E-state index in [1.807, 2.05) is 50.4 Å². The van der Waals surface area contributed by atoms with Crippen LogP contribution in [-0.2, 0) is 20.8 Å². The number of carbonyl (C=O) groups is 4. The smallest absolute Gasteiger partial charge is 0.257 e. The summed E-state index contributed by atoms with van der Waals surface area (Å²) < 4.78 is 0. The van der Waals surface area contributed by atoms with Gasteiger partial charge in [-0.25, -0.2) is 0 Å². The van der Waals surface area contributed by atoms with Crippen LogP contribution >= 0.6 is 11.8 Å². The number of imide groups is 1. The molecule has 0 heterocycles. The van der Waals surface area contributed by atoms with Crippen LogP contribution in [0.4, 0.5) is 0 Å². The third-order valence-electron chi connectivity index (χ3n) is 5.50. The summed E-state index contributed by atoms with van der Waals surface area (Å²) in [6, 6.07) is 14.9. The summed E-state index contributed by atoms with van der Waals surface area (Å²) in [7, 11) is 0. The van der Waals surface area contributed by atoms with Crippen molar-refractivity contribution in [3.8, 4) is 0 Å². The summed E-state index contributed by atoms with van der Waals surface area (Å²) in [6.45, 7) is 3.87. The molecule has 0 radical (unpaired) electrons. The van der Waals surface area contributed by atoms with Crippen molar-refractivity contribution in [2.24, 2.45) is 11.7 Å². The van der Waals surface area contributed by atoms with Gasteiger partial charge in [0.1, 0.15) is 12.1 Å². The van der Waals surface area contributed by atoms with E-state index in [2.05, 4.69) is 16.0 Å². The van der Waals surface area contributed by atoms with E-state index in [9.17, 15) is 19.2 Å². The largest absolute Gasteiger partial charge is 0.343 e. The molecule has 0 aliphatic heterocycles. The Kier molecular flexibility index (Phi) is 12.2. The lowest BCUT2D eigenvalue weighted by Gasteiger charge is -2.25. The van der Waals surface area contributed by atoms with Crippen molar-refractivity contribution in [3.05, 3.63) is 71.8 Å². The number of nitrogens with one attached hydrogen (secondary N) is 3. The average Bonchev–Trinajstić information content (AvgIpc) is 2.87. The van der Waals surface area contributed by atoms with Gasteiger partial charge in [0.05, 0.1) is 6.04 Å². The molecule has 194 valence electrons. The number of hydrogen-bond acceptors (Lipinski definition) is 6. The lowest BCUT2D eigenvalue weighted by Crippen LogP contribution is -2.57. The summed E-state index contributed by atoms with van der Waals surface area (Å²) in [6.07, 6.45) is 2.97. The molecule has 9 heteroatoms. The van der Waals surface area contributed by atoms with Crippen LogP contribution in [0.5, 0.6) is 0 Å². The maximum absolute atomic E-state index is 13.3. The van der Waals surface area contributed by atoms with Crippen molar-refractivity contribution >= 4 is 35.4 Å². The van der Waals surface area contributed by atoms with E-state index < -0.39 is 41.8 Å². The van der Waals surface area contributed by atoms with Crippen LogP contribution in [0.15, 0.2) is 60.7 Å². The van der Waals surface area contributed by atoms with Crippen LogP contribution in [0, 0.1) is 5.92 Å². The number of thioether (sulfide) groups is 1. The van der Waals surface area contributed by atoms with Crippen LogP contribution in [0.2, 0.25) is 0 Å². The predicted octanol–water partition coefficient (Wildman–Crippen LogP) is 2.28. The Labute approximate surface area is 217 Å². The van der Waals surface area contributed by atoms with Crippen molar-refractivity contribution < 1.29 is 19.2 Å². The molecule has 2 rings (SSSR count). The summed E-state index contributed by atoms with van der Waals surface area (Å²) in [5.41, 5.74) is 7.13. The van der Waals surface area contributed by atoms with Gasteiger partial charge < -0.3 is 16.4 Å². The van der Waals surface area contributed by atoms with Gasteiger partial charge in [0, 0.05) is 12.0 Å². The second-order valence-electron chi connectivity index (χ2n) is 9.01. The lowest BCUT2D eigenvalue weighted by atomic mass is 10.0. The lowest BCUT2D eigenvalue weighted by molar-refractivity contribution is -0.132. The number of benzene rings is 2. The average molecular weight is 513 g/mol. The van der Waals surface area contributed by atoms with Crippen LogP contribution in [0.3, 0.4) is 0 Å². The van der Waals surface area contributed by atoms with Crippen molar-refractivity contribution in [2.45, 2.75) is 51.2 Å². The number of carbonyl (C=O) groups excluding carboxylic acids is 4. The maximum atomic E-state index is 13.3. The summed E-state index contributed by atoms with van der Waals surface area (Å²) >= 11 is 1.59. The fraction of sp³-hybridized carbons (Fsp3) is 0.407. The molecule has 0 aliphatic carbocycles. The minimum Gasteiger partial charge on any atom is -0.343 e. The van der Waals surface area contributed by atoms with E-state index >= 15 is 0 Å². The fourth-order valence-corrected chi connectivity index (χ4v) is 4.04. The molecule has 0 bridgehead atoms. The van der Waals surface area contributed by atoms with Gasteiger partial charge in [-0.2, -0.15) is 11.8 Å². The first-order chi connectivity index (χ1) is 17.2. The third-order valence-corrected chi connectivity index (χ3v) is 6.14. The van der Waals surface area contributed by atoms with Crippen molar-refractivity contribution in [3.63, 3.8) is 0 Å². The number of hydrogen-bond donors (Lipinski definition) is 4. The van der Waals surface area contributed by atoms with Crippen LogP contribution in [0.1, 0.15) is 42.6 Å². The Balaban J connectivity index is 2.18. The molecule has 36 heavy (non-hydrogen) atoms. The van der Waals surface area contributed by atoms with Crippen molar-refractivity contribution in [1.29, 1.82) is 0 Å². The molecule has 2 aromatic carbocycles. The first-order valence-corrected chi connectivity index (χ1v) is 13.4. The van der Waals surface area contributed by atoms with Gasteiger partial charge >= 0.3 is 0 Å². The van der Waals surface area contributed by atoms with Crippen LogP contribution < -0.4 is 21.7 Å². The zero-order valence-electron chi connectivity index (χ0n) is 21.0. The van der Waals surface area contributed by atoms with E-state index in [0.29, 0.717) is 18.4 Å². The van der Waals surface area contributed by atoms with Gasteiger partial charge in [-0.1, -0.05) is 62.4 Å². The molecular weight excluding hydrogens is 476 g/mol. The van der Waals surface area contributed by atoms with Gasteiger partial charge in [-0.15, -0.1) is 0 Å². The zero-order valence-corrected chi connectivity index (χ0v) is 21.8. The second-order valence-corrected chi connectivity index (χ2v) is 10.00. The number of nitrogens with two attached hydrogens (primary N) is 1. The Hall–Kier alpha value is -3.17. The standard InChI is InChI=1S/C27H36N4O4S/c1-18(2)16-22(29-25(33)21(28)14-15-36-3)26(34)30-23(17-19-10-6-4-7-11-19)27(35)31-24(32)20-12-8-5-9-13-20/h4-13,18,21-23H,14-17,28H2,1-3H3,(H,29,33)(H,30,34)(H,31,32,35)/t21-,22-,23-/m0/s1. The first kappa shape index (κ1) is 29.1. The Morgan fingerprint density at radius 1 is 0.833 bits per heavy atom. The van der Waals surface area contributed by atoms with E-state index in [0.717, 1.165) is 11.3 Å². The minimum atomic E-state index is -1.02. The normalized spacial score (nSPS) is 13.4. The minimum absolute atomic E-state index is 0.101. The molecule has 0 saturated carbocycles. The van der Waals surface area contributed by atoms with Gasteiger partial charge in [0.25, 0.3) is 5.91 Å². The van der Waals surface area contributed by atoms with E-state index in [1.54, 1.807) is 42.1 Å². The monoisotopic (exact) mass is 512 g/mol. The van der Waals surface area contributed by atoms with Crippen molar-refractivity contribution in [2.75, 3.05) is 12.0 Å². The highest BCUT2D eigenvalue weighted by atomic mass is 32.2. The Morgan fingerprint density at radius 3 is 2.00 bits per heavy atom. The molecule has 0 aliphatic rings. The maximum Gasteiger partial charge on any atom is 0.257 e. The van der Waals surface area contributed by atoms with Gasteiger partial charge in [-0.3, -0.25) is 24.5 Å². The second kappa shape index (κ2) is 15.1. The van der Waals surface area contributed by atoms with E-state index in [-0.39, 0.29) is 12.3 Å². The van der Waals surface area contributed by atoms with Crippen molar-refractivity contribution in [1.82, 2.24) is 16.0 Å². The summed E-state index contributed by atoms with van der Waals surface area (Å²) in [5.74, 6) is -1.27. The van der Waals surface area contributed by atoms with E-state index in [4.69, 9.17) is 5.73 Å². The molecule has 0 fully saturated rings. The molecule has 4 amide bonds. The quantitative estimate of drug-likeness (QED) is 0.326. The highest BCUT2D eigenvalue weighted by molar-refractivity contribution is 7.98. The molecule has 0 saturated heterocycles. The zero-order chi connectivity index (χ0) is 26.5. The topological polar surface area (TPSA) is 130 Å². The highest BCUT2D eigenvalue weighted by Crippen LogP contribution is 2.09.